The van der Waals surface area contributed by atoms with Gasteiger partial charge in [-0.15, -0.1) is 0 Å². The molecule has 3 rings (SSSR count). The van der Waals surface area contributed by atoms with E-state index >= 15 is 0 Å². The van der Waals surface area contributed by atoms with Crippen LogP contribution in [0.4, 0.5) is 0 Å². The number of aliphatic hydroxyl groups excluding tert-OH is 3. The molecule has 2 saturated carbocycles. The second kappa shape index (κ2) is 6.86. The van der Waals surface area contributed by atoms with Crippen molar-refractivity contribution in [1.29, 1.82) is 0 Å². The maximum atomic E-state index is 11.7. The van der Waals surface area contributed by atoms with Gasteiger partial charge in [0.15, 0.2) is 0 Å². The average molecular weight is 350 g/mol. The first-order valence-corrected chi connectivity index (χ1v) is 9.34. The minimum Gasteiger partial charge on any atom is -0.472 e. The third-order valence-electron chi connectivity index (χ3n) is 7.47. The zero-order valence-electron chi connectivity index (χ0n) is 15.1. The number of aldehydes is 1. The van der Waals surface area contributed by atoms with Gasteiger partial charge < -0.3 is 24.5 Å². The summed E-state index contributed by atoms with van der Waals surface area (Å²) in [5.41, 5.74) is -0.325. The van der Waals surface area contributed by atoms with Gasteiger partial charge in [0.05, 0.1) is 31.3 Å². The highest BCUT2D eigenvalue weighted by Crippen LogP contribution is 2.63. The lowest BCUT2D eigenvalue weighted by Crippen LogP contribution is -2.63. The van der Waals surface area contributed by atoms with Crippen molar-refractivity contribution in [2.45, 2.75) is 58.2 Å². The molecule has 3 N–H and O–H groups in total. The monoisotopic (exact) mass is 350 g/mol. The van der Waals surface area contributed by atoms with Gasteiger partial charge in [-0.05, 0) is 49.0 Å². The van der Waals surface area contributed by atoms with Crippen molar-refractivity contribution in [2.75, 3.05) is 6.61 Å². The molecule has 2 fully saturated rings. The van der Waals surface area contributed by atoms with Crippen LogP contribution >= 0.6 is 0 Å². The van der Waals surface area contributed by atoms with E-state index in [4.69, 9.17) is 4.42 Å². The summed E-state index contributed by atoms with van der Waals surface area (Å²) in [6, 6.07) is 1.77. The Balaban J connectivity index is 1.98. The summed E-state index contributed by atoms with van der Waals surface area (Å²) in [7, 11) is 0. The lowest BCUT2D eigenvalue weighted by atomic mass is 9.43. The number of rotatable bonds is 5. The fourth-order valence-corrected chi connectivity index (χ4v) is 5.80. The molecule has 2 aliphatic carbocycles. The van der Waals surface area contributed by atoms with Crippen molar-refractivity contribution in [3.05, 3.63) is 24.2 Å². The molecule has 0 spiro atoms. The highest BCUT2D eigenvalue weighted by molar-refractivity contribution is 5.56. The van der Waals surface area contributed by atoms with Crippen LogP contribution in [0.2, 0.25) is 0 Å². The van der Waals surface area contributed by atoms with Gasteiger partial charge >= 0.3 is 0 Å². The Kier molecular flexibility index (Phi) is 5.11. The first-order valence-electron chi connectivity index (χ1n) is 9.34. The lowest BCUT2D eigenvalue weighted by Gasteiger charge is -2.62. The molecule has 0 bridgehead atoms. The number of hydrogen-bond acceptors (Lipinski definition) is 5. The number of fused-ring (bicyclic) bond motifs is 1. The Morgan fingerprint density at radius 1 is 1.44 bits per heavy atom. The zero-order valence-corrected chi connectivity index (χ0v) is 15.1. The van der Waals surface area contributed by atoms with Crippen molar-refractivity contribution in [3.63, 3.8) is 0 Å². The van der Waals surface area contributed by atoms with E-state index in [0.29, 0.717) is 19.3 Å². The molecule has 0 radical (unpaired) electrons. The molecule has 1 heterocycles. The van der Waals surface area contributed by atoms with Gasteiger partial charge in [-0.1, -0.05) is 20.3 Å². The van der Waals surface area contributed by atoms with Gasteiger partial charge in [0.2, 0.25) is 0 Å². The predicted octanol–water partition coefficient (Wildman–Crippen LogP) is 2.70. The molecular formula is C20H30O5. The maximum Gasteiger partial charge on any atom is 0.123 e. The van der Waals surface area contributed by atoms with Crippen LogP contribution in [0.15, 0.2) is 23.0 Å². The van der Waals surface area contributed by atoms with Crippen molar-refractivity contribution in [1.82, 2.24) is 0 Å². The van der Waals surface area contributed by atoms with E-state index in [0.717, 1.165) is 24.7 Å². The third-order valence-corrected chi connectivity index (χ3v) is 7.47. The lowest BCUT2D eigenvalue weighted by molar-refractivity contribution is -0.207. The van der Waals surface area contributed by atoms with E-state index in [2.05, 4.69) is 13.8 Å². The van der Waals surface area contributed by atoms with Crippen LogP contribution < -0.4 is 0 Å². The van der Waals surface area contributed by atoms with E-state index in [1.165, 1.54) is 0 Å². The number of hydrogen-bond donors (Lipinski definition) is 3. The highest BCUT2D eigenvalue weighted by Gasteiger charge is 2.62. The Morgan fingerprint density at radius 3 is 2.80 bits per heavy atom. The van der Waals surface area contributed by atoms with E-state index < -0.39 is 17.6 Å². The normalized spacial score (nSPS) is 42.6. The fraction of sp³-hybridized carbons (Fsp3) is 0.750. The van der Waals surface area contributed by atoms with Gasteiger partial charge in [-0.3, -0.25) is 0 Å². The zero-order chi connectivity index (χ0) is 18.2. The molecule has 0 amide bonds. The van der Waals surface area contributed by atoms with Crippen LogP contribution in [0, 0.1) is 28.6 Å². The predicted molar refractivity (Wildman–Crippen MR) is 92.6 cm³/mol. The van der Waals surface area contributed by atoms with Gasteiger partial charge in [0.25, 0.3) is 0 Å². The molecule has 140 valence electrons. The first-order chi connectivity index (χ1) is 11.9. The minimum absolute atomic E-state index is 0.00532. The van der Waals surface area contributed by atoms with Gasteiger partial charge in [0.1, 0.15) is 6.29 Å². The molecule has 5 heteroatoms. The molecule has 0 saturated heterocycles. The number of furan rings is 1. The summed E-state index contributed by atoms with van der Waals surface area (Å²) in [6.07, 6.45) is 6.24. The summed E-state index contributed by atoms with van der Waals surface area (Å²) in [6.45, 7) is 4.07. The molecule has 0 aromatic carbocycles. The van der Waals surface area contributed by atoms with Crippen LogP contribution in [0.1, 0.15) is 57.6 Å². The Labute approximate surface area is 149 Å². The number of carbonyl (C=O) groups is 1. The molecule has 25 heavy (non-hydrogen) atoms. The molecule has 7 unspecified atom stereocenters. The topological polar surface area (TPSA) is 90.9 Å². The second-order valence-electron chi connectivity index (χ2n) is 8.43. The largest absolute Gasteiger partial charge is 0.472 e. The van der Waals surface area contributed by atoms with E-state index in [1.807, 2.05) is 0 Å². The molecule has 2 aliphatic rings. The van der Waals surface area contributed by atoms with Crippen LogP contribution in [0.25, 0.3) is 0 Å². The van der Waals surface area contributed by atoms with Crippen molar-refractivity contribution >= 4 is 6.29 Å². The second-order valence-corrected chi connectivity index (χ2v) is 8.43. The van der Waals surface area contributed by atoms with Crippen molar-refractivity contribution < 1.29 is 24.5 Å². The minimum atomic E-state index is -0.794. The summed E-state index contributed by atoms with van der Waals surface area (Å²) in [4.78, 5) is 11.7. The molecular weight excluding hydrogens is 320 g/mol. The summed E-state index contributed by atoms with van der Waals surface area (Å²) >= 11 is 0. The number of carbonyl (C=O) groups excluding carboxylic acids is 1. The summed E-state index contributed by atoms with van der Waals surface area (Å²) in [5, 5.41) is 31.9. The van der Waals surface area contributed by atoms with Crippen LogP contribution in [-0.4, -0.2) is 34.3 Å². The Morgan fingerprint density at radius 2 is 2.20 bits per heavy atom. The Hall–Kier alpha value is -1.17. The molecule has 0 aliphatic heterocycles. The van der Waals surface area contributed by atoms with E-state index in [-0.39, 0.29) is 29.8 Å². The number of aliphatic hydroxyl groups is 3. The summed E-state index contributed by atoms with van der Waals surface area (Å²) < 4.78 is 5.10. The maximum absolute atomic E-state index is 11.7. The smallest absolute Gasteiger partial charge is 0.123 e. The van der Waals surface area contributed by atoms with Crippen LogP contribution in [0.3, 0.4) is 0 Å². The SMILES string of the molecule is CC1CC(O)C2(CO)C(C=O)CCCC2C1(C)CC(O)c1ccoc1. The van der Waals surface area contributed by atoms with E-state index in [9.17, 15) is 20.1 Å². The quantitative estimate of drug-likeness (QED) is 0.710. The highest BCUT2D eigenvalue weighted by atomic mass is 16.3. The standard InChI is InChI=1S/C20H30O5/c1-13-8-18(24)20(12-22)15(10-21)4-3-5-17(20)19(13,2)9-16(23)14-6-7-25-11-14/h6-7,10-11,13,15-18,22-24H,3-5,8-9,12H2,1-2H3. The molecule has 1 aromatic heterocycles. The average Bonchev–Trinajstić information content (AvgIpc) is 3.14. The molecule has 7 atom stereocenters. The third kappa shape index (κ3) is 2.77. The van der Waals surface area contributed by atoms with Crippen molar-refractivity contribution in [3.8, 4) is 0 Å². The van der Waals surface area contributed by atoms with Gasteiger partial charge in [-0.2, -0.15) is 0 Å². The van der Waals surface area contributed by atoms with Crippen LogP contribution in [-0.2, 0) is 4.79 Å². The van der Waals surface area contributed by atoms with Crippen molar-refractivity contribution in [2.24, 2.45) is 28.6 Å². The molecule has 5 nitrogen and oxygen atoms in total. The van der Waals surface area contributed by atoms with Gasteiger partial charge in [0, 0.05) is 16.9 Å². The van der Waals surface area contributed by atoms with Gasteiger partial charge in [-0.25, -0.2) is 0 Å². The first kappa shape index (κ1) is 18.6. The fourth-order valence-electron chi connectivity index (χ4n) is 5.80. The van der Waals surface area contributed by atoms with E-state index in [1.54, 1.807) is 18.6 Å². The molecule has 1 aromatic rings. The Bertz CT molecular complexity index is 585. The summed E-state index contributed by atoms with van der Waals surface area (Å²) in [5.74, 6) is -0.155. The van der Waals surface area contributed by atoms with Crippen LogP contribution in [0.5, 0.6) is 0 Å².